The zero-order valence-corrected chi connectivity index (χ0v) is 12.3. The number of thiazole rings is 1. The van der Waals surface area contributed by atoms with E-state index in [4.69, 9.17) is 17.3 Å². The van der Waals surface area contributed by atoms with Crippen LogP contribution in [0, 0.1) is 5.92 Å². The molecule has 6 nitrogen and oxygen atoms in total. The van der Waals surface area contributed by atoms with Gasteiger partial charge >= 0.3 is 0 Å². The average Bonchev–Trinajstić information content (AvgIpc) is 2.63. The smallest absolute Gasteiger partial charge is 0.254 e. The van der Waals surface area contributed by atoms with Crippen LogP contribution >= 0.6 is 22.9 Å². The fraction of sp³-hybridized carbons (Fsp3) is 0.556. The van der Waals surface area contributed by atoms with Gasteiger partial charge in [0.05, 0.1) is 12.7 Å². The van der Waals surface area contributed by atoms with E-state index in [1.54, 1.807) is 0 Å². The molecule has 9 heteroatoms. The van der Waals surface area contributed by atoms with Crippen molar-refractivity contribution in [3.63, 3.8) is 0 Å². The van der Waals surface area contributed by atoms with Gasteiger partial charge in [0.15, 0.2) is 8.68 Å². The van der Waals surface area contributed by atoms with Crippen LogP contribution in [-0.2, 0) is 14.8 Å². The van der Waals surface area contributed by atoms with Crippen molar-refractivity contribution in [1.82, 2.24) is 9.29 Å². The van der Waals surface area contributed by atoms with Crippen molar-refractivity contribution < 1.29 is 13.2 Å². The van der Waals surface area contributed by atoms with Gasteiger partial charge in [0, 0.05) is 6.54 Å². The molecule has 18 heavy (non-hydrogen) atoms. The topological polar surface area (TPSA) is 93.4 Å². The first-order chi connectivity index (χ1) is 8.23. The van der Waals surface area contributed by atoms with Crippen LogP contribution in [0.15, 0.2) is 10.4 Å². The minimum Gasteiger partial charge on any atom is -0.369 e. The molecule has 0 fully saturated rings. The molecule has 0 saturated carbocycles. The zero-order valence-electron chi connectivity index (χ0n) is 9.96. The lowest BCUT2D eigenvalue weighted by Crippen LogP contribution is -2.40. The van der Waals surface area contributed by atoms with Crippen molar-refractivity contribution in [1.29, 1.82) is 0 Å². The van der Waals surface area contributed by atoms with Crippen molar-refractivity contribution in [2.45, 2.75) is 18.1 Å². The summed E-state index contributed by atoms with van der Waals surface area (Å²) < 4.78 is 25.7. The van der Waals surface area contributed by atoms with Crippen molar-refractivity contribution in [2.24, 2.45) is 11.7 Å². The number of hydrogen-bond acceptors (Lipinski definition) is 5. The third-order valence-corrected chi connectivity index (χ3v) is 5.31. The summed E-state index contributed by atoms with van der Waals surface area (Å²) in [6.07, 6.45) is 1.18. The van der Waals surface area contributed by atoms with Gasteiger partial charge in [-0.15, -0.1) is 0 Å². The van der Waals surface area contributed by atoms with Gasteiger partial charge in [0.1, 0.15) is 0 Å². The Balaban J connectivity index is 3.06. The van der Waals surface area contributed by atoms with Crippen LogP contribution in [0.3, 0.4) is 0 Å². The maximum atomic E-state index is 12.2. The minimum absolute atomic E-state index is 0.00870. The molecular formula is C9H14ClN3O3S2. The predicted octanol–water partition coefficient (Wildman–Crippen LogP) is 0.929. The molecule has 0 aromatic carbocycles. The first kappa shape index (κ1) is 15.4. The Morgan fingerprint density at radius 3 is 2.61 bits per heavy atom. The Bertz CT molecular complexity index is 527. The summed E-state index contributed by atoms with van der Waals surface area (Å²) in [5.41, 5.74) is 5.07. The SMILES string of the molecule is CC(C)CN(CC(N)=O)S(=O)(=O)c1cnc(Cl)s1. The molecule has 1 aromatic heterocycles. The Morgan fingerprint density at radius 1 is 1.61 bits per heavy atom. The molecule has 1 rings (SSSR count). The summed E-state index contributed by atoms with van der Waals surface area (Å²) in [7, 11) is -3.77. The molecule has 0 aliphatic heterocycles. The molecular weight excluding hydrogens is 298 g/mol. The van der Waals surface area contributed by atoms with E-state index in [9.17, 15) is 13.2 Å². The Kier molecular flexibility index (Phi) is 5.09. The standard InChI is InChI=1S/C9H14ClN3O3S2/c1-6(2)4-13(5-7(11)14)18(15,16)8-3-12-9(10)17-8/h3,6H,4-5H2,1-2H3,(H2,11,14). The third-order valence-electron chi connectivity index (χ3n) is 1.95. The van der Waals surface area contributed by atoms with Gasteiger partial charge in [-0.05, 0) is 5.92 Å². The first-order valence-corrected chi connectivity index (χ1v) is 7.76. The summed E-state index contributed by atoms with van der Waals surface area (Å²) in [6, 6.07) is 0. The average molecular weight is 312 g/mol. The van der Waals surface area contributed by atoms with E-state index in [0.29, 0.717) is 0 Å². The molecule has 0 atom stereocenters. The number of hydrogen-bond donors (Lipinski definition) is 1. The highest BCUT2D eigenvalue weighted by molar-refractivity contribution is 7.91. The van der Waals surface area contributed by atoms with Gasteiger partial charge in [0.2, 0.25) is 5.91 Å². The number of primary amides is 1. The minimum atomic E-state index is -3.77. The highest BCUT2D eigenvalue weighted by atomic mass is 35.5. The number of nitrogens with zero attached hydrogens (tertiary/aromatic N) is 2. The number of carbonyl (C=O) groups is 1. The molecule has 0 unspecified atom stereocenters. The summed E-state index contributed by atoms with van der Waals surface area (Å²) in [5, 5.41) is 0. The van der Waals surface area contributed by atoms with E-state index >= 15 is 0 Å². The zero-order chi connectivity index (χ0) is 13.9. The molecule has 0 spiro atoms. The Labute approximate surface area is 115 Å². The molecule has 0 saturated heterocycles. The first-order valence-electron chi connectivity index (χ1n) is 5.13. The van der Waals surface area contributed by atoms with Crippen LogP contribution in [0.5, 0.6) is 0 Å². The second kappa shape index (κ2) is 5.96. The quantitative estimate of drug-likeness (QED) is 0.845. The summed E-state index contributed by atoms with van der Waals surface area (Å²) in [5.74, 6) is -0.627. The maximum absolute atomic E-state index is 12.2. The van der Waals surface area contributed by atoms with E-state index in [1.165, 1.54) is 6.20 Å². The van der Waals surface area contributed by atoms with Gasteiger partial charge in [0.25, 0.3) is 10.0 Å². The molecule has 1 amide bonds. The van der Waals surface area contributed by atoms with Crippen molar-refractivity contribution in [2.75, 3.05) is 13.1 Å². The number of carbonyl (C=O) groups excluding carboxylic acids is 1. The Morgan fingerprint density at radius 2 is 2.22 bits per heavy atom. The van der Waals surface area contributed by atoms with Crippen LogP contribution in [0.2, 0.25) is 4.47 Å². The molecule has 0 radical (unpaired) electrons. The van der Waals surface area contributed by atoms with E-state index in [-0.39, 0.29) is 27.7 Å². The number of halogens is 1. The molecule has 1 aromatic rings. The molecule has 0 aliphatic rings. The van der Waals surface area contributed by atoms with E-state index in [0.717, 1.165) is 15.6 Å². The molecule has 0 bridgehead atoms. The fourth-order valence-electron chi connectivity index (χ4n) is 1.31. The molecule has 0 aliphatic carbocycles. The Hall–Kier alpha value is -0.700. The van der Waals surface area contributed by atoms with E-state index < -0.39 is 15.9 Å². The fourth-order valence-corrected chi connectivity index (χ4v) is 4.33. The molecule has 2 N–H and O–H groups in total. The van der Waals surface area contributed by atoms with Crippen LogP contribution < -0.4 is 5.73 Å². The highest BCUT2D eigenvalue weighted by Gasteiger charge is 2.28. The number of rotatable bonds is 6. The summed E-state index contributed by atoms with van der Waals surface area (Å²) >= 11 is 6.47. The monoisotopic (exact) mass is 311 g/mol. The van der Waals surface area contributed by atoms with Crippen molar-refractivity contribution in [3.8, 4) is 0 Å². The number of amides is 1. The van der Waals surface area contributed by atoms with Gasteiger partial charge < -0.3 is 5.73 Å². The second-order valence-corrected chi connectivity index (χ2v) is 7.87. The van der Waals surface area contributed by atoms with Crippen LogP contribution in [0.25, 0.3) is 0 Å². The lowest BCUT2D eigenvalue weighted by molar-refractivity contribution is -0.118. The summed E-state index contributed by atoms with van der Waals surface area (Å²) in [6.45, 7) is 3.56. The van der Waals surface area contributed by atoms with Crippen molar-refractivity contribution in [3.05, 3.63) is 10.7 Å². The number of sulfonamides is 1. The van der Waals surface area contributed by atoms with E-state index in [1.807, 2.05) is 13.8 Å². The summed E-state index contributed by atoms with van der Waals surface area (Å²) in [4.78, 5) is 14.6. The largest absolute Gasteiger partial charge is 0.369 e. The lowest BCUT2D eigenvalue weighted by atomic mass is 10.2. The van der Waals surface area contributed by atoms with Crippen LogP contribution in [0.4, 0.5) is 0 Å². The van der Waals surface area contributed by atoms with Crippen LogP contribution in [0.1, 0.15) is 13.8 Å². The van der Waals surface area contributed by atoms with Gasteiger partial charge in [-0.1, -0.05) is 36.8 Å². The highest BCUT2D eigenvalue weighted by Crippen LogP contribution is 2.25. The second-order valence-electron chi connectivity index (χ2n) is 4.09. The van der Waals surface area contributed by atoms with Gasteiger partial charge in [-0.25, -0.2) is 13.4 Å². The third kappa shape index (κ3) is 3.91. The van der Waals surface area contributed by atoms with Gasteiger partial charge in [-0.2, -0.15) is 4.31 Å². The molecule has 102 valence electrons. The number of nitrogens with two attached hydrogens (primary N) is 1. The van der Waals surface area contributed by atoms with Crippen LogP contribution in [-0.4, -0.2) is 36.7 Å². The van der Waals surface area contributed by atoms with Gasteiger partial charge in [-0.3, -0.25) is 4.79 Å². The van der Waals surface area contributed by atoms with E-state index in [2.05, 4.69) is 4.98 Å². The predicted molar refractivity (Wildman–Crippen MR) is 69.9 cm³/mol. The molecule has 1 heterocycles. The number of aromatic nitrogens is 1. The normalized spacial score (nSPS) is 12.3. The van der Waals surface area contributed by atoms with Crippen molar-refractivity contribution >= 4 is 38.9 Å². The lowest BCUT2D eigenvalue weighted by Gasteiger charge is -2.21. The maximum Gasteiger partial charge on any atom is 0.254 e.